The van der Waals surface area contributed by atoms with E-state index >= 15 is 0 Å². The molecule has 0 amide bonds. The van der Waals surface area contributed by atoms with Crippen LogP contribution in [-0.2, 0) is 36.5 Å². The second-order valence-electron chi connectivity index (χ2n) is 17.3. The van der Waals surface area contributed by atoms with E-state index in [1.807, 2.05) is 6.07 Å². The van der Waals surface area contributed by atoms with Crippen LogP contribution >= 0.6 is 0 Å². The van der Waals surface area contributed by atoms with Gasteiger partial charge in [-0.1, -0.05) is 188 Å². The summed E-state index contributed by atoms with van der Waals surface area (Å²) in [6.45, 7) is 0. The number of hydrogen-bond acceptors (Lipinski definition) is 2. The average Bonchev–Trinajstić information content (AvgIpc) is 3.73. The van der Waals surface area contributed by atoms with Crippen molar-refractivity contribution < 1.29 is 0 Å². The molecule has 0 aliphatic heterocycles. The van der Waals surface area contributed by atoms with E-state index in [0.717, 1.165) is 48.4 Å². The predicted molar refractivity (Wildman–Crippen MR) is 259 cm³/mol. The molecule has 62 heavy (non-hydrogen) atoms. The van der Waals surface area contributed by atoms with Gasteiger partial charge in [-0.2, -0.15) is 0 Å². The summed E-state index contributed by atoms with van der Waals surface area (Å²) in [6, 6.07) is 85.1. The molecule has 0 bridgehead atoms. The molecule has 11 rings (SSSR count). The Labute approximate surface area is 365 Å². The van der Waals surface area contributed by atoms with Gasteiger partial charge in [-0.15, -0.1) is 0 Å². The summed E-state index contributed by atoms with van der Waals surface area (Å²) in [4.78, 5) is 2.44. The van der Waals surface area contributed by atoms with Gasteiger partial charge in [0.2, 0.25) is 0 Å². The lowest BCUT2D eigenvalue weighted by molar-refractivity contribution is 0.520. The van der Waals surface area contributed by atoms with Crippen LogP contribution in [0.3, 0.4) is 0 Å². The van der Waals surface area contributed by atoms with Gasteiger partial charge in [0.1, 0.15) is 0 Å². The van der Waals surface area contributed by atoms with Crippen molar-refractivity contribution in [3.05, 3.63) is 275 Å². The Morgan fingerprint density at radius 2 is 0.629 bits per heavy atom. The molecule has 0 saturated carbocycles. The molecule has 0 saturated heterocycles. The minimum atomic E-state index is -0.299. The van der Waals surface area contributed by atoms with E-state index in [2.05, 4.69) is 229 Å². The highest BCUT2D eigenvalue weighted by Gasteiger charge is 2.45. The molecule has 0 radical (unpaired) electrons. The number of rotatable bonds is 11. The summed E-state index contributed by atoms with van der Waals surface area (Å²) in [5.74, 6) is 0. The van der Waals surface area contributed by atoms with Gasteiger partial charge in [0.15, 0.2) is 0 Å². The van der Waals surface area contributed by atoms with Crippen molar-refractivity contribution in [1.29, 1.82) is 0 Å². The van der Waals surface area contributed by atoms with Gasteiger partial charge in [-0.3, -0.25) is 0 Å². The monoisotopic (exact) mass is 796 g/mol. The van der Waals surface area contributed by atoms with Gasteiger partial charge in [0.25, 0.3) is 0 Å². The number of anilines is 4. The molecule has 0 spiro atoms. The molecule has 0 aromatic heterocycles. The van der Waals surface area contributed by atoms with Gasteiger partial charge < -0.3 is 10.6 Å². The first-order valence-corrected chi connectivity index (χ1v) is 21.9. The van der Waals surface area contributed by atoms with E-state index in [-0.39, 0.29) is 10.8 Å². The van der Waals surface area contributed by atoms with Gasteiger partial charge in [-0.05, 0) is 135 Å². The van der Waals surface area contributed by atoms with Crippen LogP contribution < -0.4 is 10.6 Å². The van der Waals surface area contributed by atoms with Crippen LogP contribution in [0.4, 0.5) is 22.7 Å². The second-order valence-corrected chi connectivity index (χ2v) is 17.3. The van der Waals surface area contributed by atoms with E-state index in [0.29, 0.717) is 0 Å². The summed E-state index contributed by atoms with van der Waals surface area (Å²) in [5.41, 5.74) is 26.1. The fourth-order valence-electron chi connectivity index (χ4n) is 10.9. The summed E-state index contributed by atoms with van der Waals surface area (Å²) in [6.07, 6.45) is 3.53. The number of fused-ring (bicyclic) bond motifs is 6. The van der Waals surface area contributed by atoms with Crippen LogP contribution in [0.25, 0.3) is 22.3 Å². The highest BCUT2D eigenvalue weighted by molar-refractivity contribution is 5.89. The molecule has 0 atom stereocenters. The third-order valence-corrected chi connectivity index (χ3v) is 13.5. The Kier molecular flexibility index (Phi) is 9.43. The lowest BCUT2D eigenvalue weighted by Gasteiger charge is -2.35. The molecular formula is C60H48N2. The zero-order valence-electron chi connectivity index (χ0n) is 34.8. The zero-order valence-corrected chi connectivity index (χ0v) is 34.8. The van der Waals surface area contributed by atoms with E-state index in [1.165, 1.54) is 66.8 Å². The van der Waals surface area contributed by atoms with E-state index in [4.69, 9.17) is 5.73 Å². The molecule has 0 unspecified atom stereocenters. The van der Waals surface area contributed by atoms with E-state index in [9.17, 15) is 0 Å². The Hall–Kier alpha value is -7.42. The van der Waals surface area contributed by atoms with Gasteiger partial charge in [0, 0.05) is 33.6 Å². The number of nitrogens with two attached hydrogens (primary N) is 1. The molecule has 2 heteroatoms. The van der Waals surface area contributed by atoms with Crippen LogP contribution in [0.15, 0.2) is 231 Å². The molecule has 2 N–H and O–H groups in total. The molecule has 2 aliphatic carbocycles. The SMILES string of the molecule is Nc1cccc(N(c2ccc3c(c2)C(Cc2ccccc2)(Cc2ccccc2)c2ccccc2-3)c2ccc3c(c2)C(Cc2ccccc2)(Cc2ccccc2)c2ccccc2-3)c1. The van der Waals surface area contributed by atoms with Crippen LogP contribution in [0.5, 0.6) is 0 Å². The molecular weight excluding hydrogens is 749 g/mol. The summed E-state index contributed by atoms with van der Waals surface area (Å²) < 4.78 is 0. The molecule has 0 heterocycles. The van der Waals surface area contributed by atoms with Crippen molar-refractivity contribution in [2.45, 2.75) is 36.5 Å². The van der Waals surface area contributed by atoms with E-state index in [1.54, 1.807) is 0 Å². The van der Waals surface area contributed by atoms with Crippen LogP contribution in [0.1, 0.15) is 44.5 Å². The van der Waals surface area contributed by atoms with Crippen LogP contribution in [0, 0.1) is 0 Å². The highest BCUT2D eigenvalue weighted by atomic mass is 15.1. The maximum absolute atomic E-state index is 6.65. The Morgan fingerprint density at radius 3 is 1.02 bits per heavy atom. The van der Waals surface area contributed by atoms with Gasteiger partial charge in [-0.25, -0.2) is 0 Å². The fraction of sp³-hybridized carbons (Fsp3) is 0.100. The Balaban J connectivity index is 1.13. The number of nitrogens with zero attached hydrogens (tertiary/aromatic N) is 1. The van der Waals surface area contributed by atoms with Crippen LogP contribution in [-0.4, -0.2) is 0 Å². The molecule has 298 valence electrons. The Bertz CT molecular complexity index is 2760. The first-order chi connectivity index (χ1) is 30.6. The number of benzene rings is 9. The third-order valence-electron chi connectivity index (χ3n) is 13.5. The molecule has 9 aromatic rings. The standard InChI is InChI=1S/C60H48N2/c61-47-26-17-27-48(36-47)62(49-32-34-53-51-28-13-15-30-55(51)59(57(53)37-49,39-43-18-5-1-6-19-43)40-44-20-7-2-8-21-44)50-33-35-54-52-29-14-16-31-56(52)60(58(54)38-50,41-45-22-9-3-10-23-45)42-46-24-11-4-12-25-46/h1-38H,39-42,61H2. The van der Waals surface area contributed by atoms with Crippen molar-refractivity contribution in [2.75, 3.05) is 10.6 Å². The number of hydrogen-bond donors (Lipinski definition) is 1. The van der Waals surface area contributed by atoms with Crippen molar-refractivity contribution in [2.24, 2.45) is 0 Å². The maximum Gasteiger partial charge on any atom is 0.0482 e. The van der Waals surface area contributed by atoms with Crippen molar-refractivity contribution in [1.82, 2.24) is 0 Å². The normalized spacial score (nSPS) is 13.7. The molecule has 2 nitrogen and oxygen atoms in total. The van der Waals surface area contributed by atoms with Gasteiger partial charge in [0.05, 0.1) is 0 Å². The highest BCUT2D eigenvalue weighted by Crippen LogP contribution is 2.56. The molecule has 9 aromatic carbocycles. The lowest BCUT2D eigenvalue weighted by Crippen LogP contribution is -2.31. The first kappa shape index (κ1) is 37.6. The summed E-state index contributed by atoms with van der Waals surface area (Å²) in [5, 5.41) is 0. The molecule has 2 aliphatic rings. The van der Waals surface area contributed by atoms with E-state index < -0.39 is 0 Å². The minimum absolute atomic E-state index is 0.299. The Morgan fingerprint density at radius 1 is 0.290 bits per heavy atom. The smallest absolute Gasteiger partial charge is 0.0482 e. The fourth-order valence-corrected chi connectivity index (χ4v) is 10.9. The lowest BCUT2D eigenvalue weighted by atomic mass is 9.69. The summed E-state index contributed by atoms with van der Waals surface area (Å²) >= 11 is 0. The number of nitrogen functional groups attached to an aromatic ring is 1. The molecule has 0 fully saturated rings. The quantitative estimate of drug-likeness (QED) is 0.132. The maximum atomic E-state index is 6.65. The zero-order chi connectivity index (χ0) is 41.5. The van der Waals surface area contributed by atoms with Crippen molar-refractivity contribution >= 4 is 22.7 Å². The third kappa shape index (κ3) is 6.51. The minimum Gasteiger partial charge on any atom is -0.399 e. The topological polar surface area (TPSA) is 29.3 Å². The summed E-state index contributed by atoms with van der Waals surface area (Å²) in [7, 11) is 0. The van der Waals surface area contributed by atoms with Crippen LogP contribution in [0.2, 0.25) is 0 Å². The van der Waals surface area contributed by atoms with Crippen molar-refractivity contribution in [3.63, 3.8) is 0 Å². The largest absolute Gasteiger partial charge is 0.399 e. The van der Waals surface area contributed by atoms with Gasteiger partial charge >= 0.3 is 0 Å². The average molecular weight is 797 g/mol. The predicted octanol–water partition coefficient (Wildman–Crippen LogP) is 14.2. The van der Waals surface area contributed by atoms with Crippen molar-refractivity contribution in [3.8, 4) is 22.3 Å². The first-order valence-electron chi connectivity index (χ1n) is 21.9. The second kappa shape index (κ2) is 15.6.